The number of nitrogens with zero attached hydrogens (tertiary/aromatic N) is 1. The Hall–Kier alpha value is -1.72. The molecule has 98 valence electrons. The van der Waals surface area contributed by atoms with Gasteiger partial charge in [0.25, 0.3) is 0 Å². The van der Waals surface area contributed by atoms with Crippen LogP contribution in [0.4, 0.5) is 4.39 Å². The Balaban J connectivity index is 2.12. The van der Waals surface area contributed by atoms with E-state index in [9.17, 15) is 4.39 Å². The molecule has 3 nitrogen and oxygen atoms in total. The molecule has 1 N–H and O–H groups in total. The van der Waals surface area contributed by atoms with Gasteiger partial charge in [0, 0.05) is 5.39 Å². The standard InChI is InChI=1S/C14H13FN2OS/c1-8-14(19-7-17-8)12(16-2)11-6-9-4-3-5-10(15)13(9)18-11/h3-7,12,16H,1-2H3. The first-order valence-electron chi connectivity index (χ1n) is 5.96. The number of furan rings is 1. The summed E-state index contributed by atoms with van der Waals surface area (Å²) in [6.45, 7) is 1.96. The summed E-state index contributed by atoms with van der Waals surface area (Å²) >= 11 is 1.56. The summed E-state index contributed by atoms with van der Waals surface area (Å²) in [4.78, 5) is 5.33. The summed E-state index contributed by atoms with van der Waals surface area (Å²) in [5.41, 5.74) is 3.07. The van der Waals surface area contributed by atoms with Crippen LogP contribution in [-0.4, -0.2) is 12.0 Å². The first-order chi connectivity index (χ1) is 9.20. The number of benzene rings is 1. The fraction of sp³-hybridized carbons (Fsp3) is 0.214. The van der Waals surface area contributed by atoms with E-state index in [0.717, 1.165) is 16.0 Å². The zero-order valence-corrected chi connectivity index (χ0v) is 11.4. The molecule has 3 rings (SSSR count). The lowest BCUT2D eigenvalue weighted by molar-refractivity contribution is 0.478. The second-order valence-corrected chi connectivity index (χ2v) is 5.22. The lowest BCUT2D eigenvalue weighted by atomic mass is 10.1. The Morgan fingerprint density at radius 3 is 2.89 bits per heavy atom. The monoisotopic (exact) mass is 276 g/mol. The van der Waals surface area contributed by atoms with Crippen molar-refractivity contribution in [3.63, 3.8) is 0 Å². The van der Waals surface area contributed by atoms with Gasteiger partial charge in [0.15, 0.2) is 11.4 Å². The fourth-order valence-electron chi connectivity index (χ4n) is 2.18. The molecular formula is C14H13FN2OS. The average molecular weight is 276 g/mol. The third kappa shape index (κ3) is 2.05. The number of thiazole rings is 1. The highest BCUT2D eigenvalue weighted by Gasteiger charge is 2.21. The van der Waals surface area contributed by atoms with Crippen LogP contribution >= 0.6 is 11.3 Å². The summed E-state index contributed by atoms with van der Waals surface area (Å²) < 4.78 is 19.3. The van der Waals surface area contributed by atoms with Gasteiger partial charge in [-0.3, -0.25) is 0 Å². The van der Waals surface area contributed by atoms with Crippen molar-refractivity contribution in [2.24, 2.45) is 0 Å². The summed E-state index contributed by atoms with van der Waals surface area (Å²) in [6, 6.07) is 6.71. The van der Waals surface area contributed by atoms with E-state index in [4.69, 9.17) is 4.42 Å². The molecule has 0 saturated carbocycles. The molecule has 2 heterocycles. The molecule has 0 amide bonds. The molecule has 0 saturated heterocycles. The Labute approximate surface area is 114 Å². The summed E-state index contributed by atoms with van der Waals surface area (Å²) in [5, 5.41) is 3.97. The van der Waals surface area contributed by atoms with Gasteiger partial charge in [-0.25, -0.2) is 9.37 Å². The second-order valence-electron chi connectivity index (χ2n) is 4.33. The molecule has 1 unspecified atom stereocenters. The SMILES string of the molecule is CNC(c1cc2cccc(F)c2o1)c1scnc1C. The van der Waals surface area contributed by atoms with Crippen LogP contribution in [0.5, 0.6) is 0 Å². The highest BCUT2D eigenvalue weighted by molar-refractivity contribution is 7.09. The lowest BCUT2D eigenvalue weighted by Gasteiger charge is -2.11. The maximum Gasteiger partial charge on any atom is 0.169 e. The largest absolute Gasteiger partial charge is 0.456 e. The summed E-state index contributed by atoms with van der Waals surface area (Å²) in [7, 11) is 1.85. The quantitative estimate of drug-likeness (QED) is 0.793. The number of aryl methyl sites for hydroxylation is 1. The number of hydrogen-bond acceptors (Lipinski definition) is 4. The first kappa shape index (κ1) is 12.3. The van der Waals surface area contributed by atoms with Gasteiger partial charge in [-0.1, -0.05) is 12.1 Å². The fourth-order valence-corrected chi connectivity index (χ4v) is 3.10. The third-order valence-electron chi connectivity index (χ3n) is 3.13. The van der Waals surface area contributed by atoms with Gasteiger partial charge in [0.2, 0.25) is 0 Å². The normalized spacial score (nSPS) is 13.0. The van der Waals surface area contributed by atoms with Crippen molar-refractivity contribution in [3.8, 4) is 0 Å². The Morgan fingerprint density at radius 1 is 1.42 bits per heavy atom. The van der Waals surface area contributed by atoms with E-state index in [2.05, 4.69) is 10.3 Å². The molecule has 3 aromatic rings. The van der Waals surface area contributed by atoms with Crippen molar-refractivity contribution >= 4 is 22.3 Å². The zero-order valence-electron chi connectivity index (χ0n) is 10.6. The van der Waals surface area contributed by atoms with Crippen LogP contribution in [-0.2, 0) is 0 Å². The molecule has 0 aliphatic carbocycles. The van der Waals surface area contributed by atoms with E-state index < -0.39 is 0 Å². The molecular weight excluding hydrogens is 263 g/mol. The van der Waals surface area contributed by atoms with Gasteiger partial charge >= 0.3 is 0 Å². The number of hydrogen-bond donors (Lipinski definition) is 1. The van der Waals surface area contributed by atoms with E-state index in [1.165, 1.54) is 6.07 Å². The average Bonchev–Trinajstić information content (AvgIpc) is 2.99. The maximum absolute atomic E-state index is 13.7. The molecule has 5 heteroatoms. The van der Waals surface area contributed by atoms with Crippen LogP contribution in [0.25, 0.3) is 11.0 Å². The van der Waals surface area contributed by atoms with E-state index in [1.54, 1.807) is 22.9 Å². The highest BCUT2D eigenvalue weighted by Crippen LogP contribution is 2.32. The third-order valence-corrected chi connectivity index (χ3v) is 4.13. The number of fused-ring (bicyclic) bond motifs is 1. The van der Waals surface area contributed by atoms with E-state index in [1.807, 2.05) is 26.1 Å². The summed E-state index contributed by atoms with van der Waals surface area (Å²) in [6.07, 6.45) is 0. The van der Waals surface area contributed by atoms with Crippen molar-refractivity contribution in [2.45, 2.75) is 13.0 Å². The Kier molecular flexibility index (Phi) is 3.08. The number of para-hydroxylation sites is 1. The van der Waals surface area contributed by atoms with Crippen LogP contribution in [0, 0.1) is 12.7 Å². The predicted octanol–water partition coefficient (Wildman–Crippen LogP) is 3.65. The van der Waals surface area contributed by atoms with Gasteiger partial charge < -0.3 is 9.73 Å². The highest BCUT2D eigenvalue weighted by atomic mass is 32.1. The predicted molar refractivity (Wildman–Crippen MR) is 73.9 cm³/mol. The lowest BCUT2D eigenvalue weighted by Crippen LogP contribution is -2.16. The minimum absolute atomic E-state index is 0.0979. The van der Waals surface area contributed by atoms with Crippen LogP contribution in [0.15, 0.2) is 34.2 Å². The molecule has 0 aliphatic rings. The van der Waals surface area contributed by atoms with Crippen molar-refractivity contribution in [1.82, 2.24) is 10.3 Å². The molecule has 19 heavy (non-hydrogen) atoms. The van der Waals surface area contributed by atoms with E-state index in [0.29, 0.717) is 11.3 Å². The van der Waals surface area contributed by atoms with Gasteiger partial charge in [-0.2, -0.15) is 0 Å². The number of rotatable bonds is 3. The van der Waals surface area contributed by atoms with Crippen molar-refractivity contribution < 1.29 is 8.81 Å². The Bertz CT molecular complexity index is 719. The zero-order chi connectivity index (χ0) is 13.4. The molecule has 2 aromatic heterocycles. The van der Waals surface area contributed by atoms with Gasteiger partial charge in [-0.15, -0.1) is 11.3 Å². The molecule has 1 atom stereocenters. The number of aromatic nitrogens is 1. The van der Waals surface area contributed by atoms with Crippen molar-refractivity contribution in [3.05, 3.63) is 51.9 Å². The second kappa shape index (κ2) is 4.75. The number of halogens is 1. The molecule has 0 radical (unpaired) electrons. The molecule has 1 aromatic carbocycles. The van der Waals surface area contributed by atoms with E-state index in [-0.39, 0.29) is 11.9 Å². The minimum atomic E-state index is -0.334. The van der Waals surface area contributed by atoms with Crippen molar-refractivity contribution in [2.75, 3.05) is 7.05 Å². The maximum atomic E-state index is 13.7. The number of nitrogens with one attached hydrogen (secondary N) is 1. The topological polar surface area (TPSA) is 38.1 Å². The van der Waals surface area contributed by atoms with Crippen LogP contribution in [0.1, 0.15) is 22.4 Å². The van der Waals surface area contributed by atoms with Crippen LogP contribution in [0.3, 0.4) is 0 Å². The van der Waals surface area contributed by atoms with Crippen molar-refractivity contribution in [1.29, 1.82) is 0 Å². The molecule has 0 aliphatic heterocycles. The molecule has 0 spiro atoms. The van der Waals surface area contributed by atoms with Gasteiger partial charge in [0.05, 0.1) is 16.1 Å². The summed E-state index contributed by atoms with van der Waals surface area (Å²) in [5.74, 6) is 0.370. The van der Waals surface area contributed by atoms with E-state index >= 15 is 0 Å². The smallest absolute Gasteiger partial charge is 0.169 e. The molecule has 0 bridgehead atoms. The van der Waals surface area contributed by atoms with Gasteiger partial charge in [-0.05, 0) is 26.1 Å². The molecule has 0 fully saturated rings. The van der Waals surface area contributed by atoms with Crippen LogP contribution in [0.2, 0.25) is 0 Å². The van der Waals surface area contributed by atoms with Gasteiger partial charge in [0.1, 0.15) is 11.8 Å². The minimum Gasteiger partial charge on any atom is -0.456 e. The van der Waals surface area contributed by atoms with Crippen LogP contribution < -0.4 is 5.32 Å². The Morgan fingerprint density at radius 2 is 2.26 bits per heavy atom. The first-order valence-corrected chi connectivity index (χ1v) is 6.84.